The van der Waals surface area contributed by atoms with Crippen molar-refractivity contribution >= 4 is 23.4 Å². The molecule has 1 aliphatic heterocycles. The van der Waals surface area contributed by atoms with Crippen LogP contribution in [0.5, 0.6) is 0 Å². The van der Waals surface area contributed by atoms with E-state index in [0.29, 0.717) is 11.1 Å². The number of nitrogens with two attached hydrogens (primary N) is 1. The Morgan fingerprint density at radius 1 is 1.25 bits per heavy atom. The van der Waals surface area contributed by atoms with Gasteiger partial charge < -0.3 is 10.7 Å². The van der Waals surface area contributed by atoms with Gasteiger partial charge in [-0.15, -0.1) is 10.2 Å². The summed E-state index contributed by atoms with van der Waals surface area (Å²) in [6.07, 6.45) is 1.97. The van der Waals surface area contributed by atoms with E-state index >= 15 is 0 Å². The van der Waals surface area contributed by atoms with Gasteiger partial charge in [-0.3, -0.25) is 4.79 Å². The Hall–Kier alpha value is -2.81. The first kappa shape index (κ1) is 18.5. The van der Waals surface area contributed by atoms with Crippen molar-refractivity contribution in [1.29, 1.82) is 0 Å². The minimum Gasteiger partial charge on any atom is -0.334 e. The van der Waals surface area contributed by atoms with Gasteiger partial charge in [-0.05, 0) is 51.3 Å². The molecule has 2 aromatic heterocycles. The van der Waals surface area contributed by atoms with E-state index < -0.39 is 0 Å². The van der Waals surface area contributed by atoms with E-state index in [0.717, 1.165) is 36.5 Å². The number of anilines is 1. The van der Waals surface area contributed by atoms with Crippen LogP contribution in [0.25, 0.3) is 5.95 Å². The third-order valence-electron chi connectivity index (χ3n) is 4.85. The van der Waals surface area contributed by atoms with Crippen LogP contribution in [0.15, 0.2) is 35.5 Å². The fourth-order valence-electron chi connectivity index (χ4n) is 3.52. The lowest BCUT2D eigenvalue weighted by Crippen LogP contribution is -2.40. The molecule has 1 unspecified atom stereocenters. The molecule has 1 aromatic carbocycles. The highest BCUT2D eigenvalue weighted by Crippen LogP contribution is 2.30. The number of benzene rings is 1. The summed E-state index contributed by atoms with van der Waals surface area (Å²) >= 11 is 1.31. The van der Waals surface area contributed by atoms with Gasteiger partial charge in [-0.1, -0.05) is 30.0 Å². The van der Waals surface area contributed by atoms with Crippen molar-refractivity contribution < 1.29 is 4.79 Å². The second kappa shape index (κ2) is 7.31. The van der Waals surface area contributed by atoms with Crippen LogP contribution in [-0.4, -0.2) is 42.4 Å². The van der Waals surface area contributed by atoms with Crippen LogP contribution in [0.3, 0.4) is 0 Å². The van der Waals surface area contributed by atoms with Gasteiger partial charge in [0.05, 0.1) is 10.9 Å². The summed E-state index contributed by atoms with van der Waals surface area (Å²) in [6, 6.07) is 10.0. The summed E-state index contributed by atoms with van der Waals surface area (Å²) in [7, 11) is 0. The molecule has 0 saturated carbocycles. The van der Waals surface area contributed by atoms with Gasteiger partial charge in [0.2, 0.25) is 11.1 Å². The number of para-hydroxylation sites is 1. The monoisotopic (exact) mass is 397 g/mol. The first-order valence-corrected chi connectivity index (χ1v) is 10.1. The number of aryl methyl sites for hydroxylation is 3. The Labute approximate surface area is 167 Å². The Balaban J connectivity index is 1.54. The lowest BCUT2D eigenvalue weighted by Gasteiger charge is -2.31. The van der Waals surface area contributed by atoms with Gasteiger partial charge in [-0.25, -0.2) is 9.36 Å². The molecule has 1 aliphatic rings. The first-order valence-electron chi connectivity index (χ1n) is 9.26. The number of fused-ring (bicyclic) bond motifs is 1. The predicted octanol–water partition coefficient (Wildman–Crippen LogP) is 2.25. The molecule has 0 radical (unpaired) electrons. The van der Waals surface area contributed by atoms with Crippen molar-refractivity contribution in [3.8, 4) is 5.95 Å². The zero-order valence-corrected chi connectivity index (χ0v) is 17.0. The summed E-state index contributed by atoms with van der Waals surface area (Å²) in [6.45, 7) is 6.45. The SMILES string of the molecule is Cc1cc(C)n(-c2nnc(SC(C)C(=O)N3CCCc4ccccc43)n2N)n1. The first-order chi connectivity index (χ1) is 13.5. The summed E-state index contributed by atoms with van der Waals surface area (Å²) < 4.78 is 3.04. The van der Waals surface area contributed by atoms with Crippen LogP contribution in [-0.2, 0) is 11.2 Å². The van der Waals surface area contributed by atoms with Crippen molar-refractivity contribution in [3.63, 3.8) is 0 Å². The summed E-state index contributed by atoms with van der Waals surface area (Å²) in [5, 5.41) is 12.9. The van der Waals surface area contributed by atoms with E-state index in [4.69, 9.17) is 5.84 Å². The van der Waals surface area contributed by atoms with E-state index in [1.807, 2.05) is 49.9 Å². The van der Waals surface area contributed by atoms with Crippen molar-refractivity contribution in [2.75, 3.05) is 17.3 Å². The fraction of sp³-hybridized carbons (Fsp3) is 0.368. The lowest BCUT2D eigenvalue weighted by atomic mass is 10.0. The molecule has 0 spiro atoms. The molecule has 0 fully saturated rings. The fourth-order valence-corrected chi connectivity index (χ4v) is 4.34. The number of amides is 1. The van der Waals surface area contributed by atoms with Crippen LogP contribution in [0.4, 0.5) is 5.69 Å². The van der Waals surface area contributed by atoms with Crippen LogP contribution >= 0.6 is 11.8 Å². The van der Waals surface area contributed by atoms with E-state index in [2.05, 4.69) is 21.4 Å². The Morgan fingerprint density at radius 3 is 2.79 bits per heavy atom. The van der Waals surface area contributed by atoms with E-state index in [-0.39, 0.29) is 11.2 Å². The molecule has 3 heterocycles. The van der Waals surface area contributed by atoms with Crippen LogP contribution in [0, 0.1) is 13.8 Å². The van der Waals surface area contributed by atoms with Crippen molar-refractivity contribution in [1.82, 2.24) is 24.7 Å². The molecule has 4 rings (SSSR count). The minimum atomic E-state index is -0.342. The Kier molecular flexibility index (Phi) is 4.84. The zero-order chi connectivity index (χ0) is 19.8. The van der Waals surface area contributed by atoms with Crippen molar-refractivity contribution in [3.05, 3.63) is 47.3 Å². The molecule has 0 aliphatic carbocycles. The molecule has 0 saturated heterocycles. The Bertz CT molecular complexity index is 1030. The van der Waals surface area contributed by atoms with Crippen LogP contribution < -0.4 is 10.7 Å². The van der Waals surface area contributed by atoms with Gasteiger partial charge in [-0.2, -0.15) is 5.10 Å². The largest absolute Gasteiger partial charge is 0.334 e. The molecular weight excluding hydrogens is 374 g/mol. The summed E-state index contributed by atoms with van der Waals surface area (Å²) in [5.41, 5.74) is 4.01. The molecule has 2 N–H and O–H groups in total. The van der Waals surface area contributed by atoms with Gasteiger partial charge in [0.25, 0.3) is 5.95 Å². The molecule has 146 valence electrons. The number of carbonyl (C=O) groups is 1. The van der Waals surface area contributed by atoms with Crippen LogP contribution in [0.2, 0.25) is 0 Å². The number of nitrogens with zero attached hydrogens (tertiary/aromatic N) is 6. The van der Waals surface area contributed by atoms with Gasteiger partial charge in [0.15, 0.2) is 0 Å². The highest BCUT2D eigenvalue weighted by molar-refractivity contribution is 8.00. The van der Waals surface area contributed by atoms with Crippen LogP contribution in [0.1, 0.15) is 30.3 Å². The predicted molar refractivity (Wildman–Crippen MR) is 109 cm³/mol. The number of thioether (sulfide) groups is 1. The summed E-state index contributed by atoms with van der Waals surface area (Å²) in [5.74, 6) is 6.68. The molecule has 9 heteroatoms. The molecule has 1 atom stereocenters. The van der Waals surface area contributed by atoms with Gasteiger partial charge in [0, 0.05) is 17.9 Å². The molecule has 8 nitrogen and oxygen atoms in total. The minimum absolute atomic E-state index is 0.0489. The topological polar surface area (TPSA) is 94.9 Å². The van der Waals surface area contributed by atoms with E-state index in [1.165, 1.54) is 22.0 Å². The van der Waals surface area contributed by atoms with Crippen molar-refractivity contribution in [2.45, 2.75) is 44.0 Å². The summed E-state index contributed by atoms with van der Waals surface area (Å²) in [4.78, 5) is 15.0. The van der Waals surface area contributed by atoms with E-state index in [9.17, 15) is 4.79 Å². The molecule has 0 bridgehead atoms. The van der Waals surface area contributed by atoms with Crippen molar-refractivity contribution in [2.24, 2.45) is 0 Å². The number of carbonyl (C=O) groups excluding carboxylic acids is 1. The average molecular weight is 398 g/mol. The molecule has 3 aromatic rings. The Morgan fingerprint density at radius 2 is 2.04 bits per heavy atom. The number of nitrogen functional groups attached to an aromatic ring is 1. The maximum absolute atomic E-state index is 13.1. The lowest BCUT2D eigenvalue weighted by molar-refractivity contribution is -0.117. The average Bonchev–Trinajstić information content (AvgIpc) is 3.21. The van der Waals surface area contributed by atoms with E-state index in [1.54, 1.807) is 4.68 Å². The van der Waals surface area contributed by atoms with Gasteiger partial charge >= 0.3 is 0 Å². The quantitative estimate of drug-likeness (QED) is 0.536. The third-order valence-corrected chi connectivity index (χ3v) is 5.90. The zero-order valence-electron chi connectivity index (χ0n) is 16.2. The number of hydrogen-bond donors (Lipinski definition) is 1. The number of rotatable bonds is 4. The second-order valence-corrected chi connectivity index (χ2v) is 8.28. The standard InChI is InChI=1S/C19H23N7OS/c1-12-11-13(2)26(23-12)18-21-22-19(25(18)20)28-14(3)17(27)24-10-6-8-15-7-4-5-9-16(15)24/h4-5,7,9,11,14H,6,8,10,20H2,1-3H3. The molecular formula is C19H23N7OS. The molecule has 28 heavy (non-hydrogen) atoms. The van der Waals surface area contributed by atoms with Gasteiger partial charge in [0.1, 0.15) is 0 Å². The second-order valence-electron chi connectivity index (χ2n) is 6.97. The maximum Gasteiger partial charge on any atom is 0.271 e. The number of aromatic nitrogens is 5. The third kappa shape index (κ3) is 3.26. The maximum atomic E-state index is 13.1. The highest BCUT2D eigenvalue weighted by atomic mass is 32.2. The highest BCUT2D eigenvalue weighted by Gasteiger charge is 2.28. The smallest absolute Gasteiger partial charge is 0.271 e. The normalized spacial score (nSPS) is 14.8. The number of hydrogen-bond acceptors (Lipinski definition) is 6. The molecule has 1 amide bonds.